The summed E-state index contributed by atoms with van der Waals surface area (Å²) in [6.45, 7) is 2.96. The molecule has 0 aliphatic heterocycles. The monoisotopic (exact) mass is 85.0 g/mol. The Morgan fingerprint density at radius 1 is 2.00 bits per heavy atom. The molecule has 1 N–H and O–H groups in total. The highest BCUT2D eigenvalue weighted by molar-refractivity contribution is 5.05. The Morgan fingerprint density at radius 3 is 2.50 bits per heavy atom. The van der Waals surface area contributed by atoms with E-state index in [0.29, 0.717) is 0 Å². The maximum atomic E-state index is 7.70. The minimum Gasteiger partial charge on any atom is -0.329 e. The Hall–Kier alpha value is -1.01. The summed E-state index contributed by atoms with van der Waals surface area (Å²) in [5, 5.41) is 15.2. The molecule has 0 fully saturated rings. The molecule has 0 amide bonds. The minimum atomic E-state index is -0.296. The second-order valence-corrected chi connectivity index (χ2v) is 0.626. The van der Waals surface area contributed by atoms with Gasteiger partial charge in [0.25, 0.3) is 0 Å². The number of allylic oxidation sites excluding steroid dienone is 1. The van der Waals surface area contributed by atoms with E-state index in [-0.39, 0.29) is 5.76 Å². The van der Waals surface area contributed by atoms with Gasteiger partial charge in [-0.15, -0.1) is 0 Å². The summed E-state index contributed by atoms with van der Waals surface area (Å²) in [6.07, 6.45) is 0. The predicted octanol–water partition coefficient (Wildman–Crippen LogP) is 0.513. The number of nitrogens with zero attached hydrogens (tertiary/aromatic N) is 1. The van der Waals surface area contributed by atoms with E-state index in [1.54, 1.807) is 0 Å². The maximum absolute atomic E-state index is 7.70. The lowest BCUT2D eigenvalue weighted by atomic mass is 10.7. The van der Waals surface area contributed by atoms with Crippen molar-refractivity contribution in [2.45, 2.75) is 0 Å². The molecular weight excluding hydrogens is 82.0 g/mol. The summed E-state index contributed by atoms with van der Waals surface area (Å²) in [7, 11) is 0. The fourth-order valence-corrected chi connectivity index (χ4v) is 0.0204. The van der Waals surface area contributed by atoms with Gasteiger partial charge >= 0.3 is 0 Å². The second kappa shape index (κ2) is 2.24. The molecule has 0 aromatic carbocycles. The molecule has 0 aromatic rings. The molecule has 3 nitrogen and oxygen atoms in total. The number of nitriles is 1. The standard InChI is InChI=1S/C3H3NO2/c1-3(2-4)6-5/h5H,1H2. The Bertz CT molecular complexity index is 91.5. The van der Waals surface area contributed by atoms with Crippen molar-refractivity contribution < 1.29 is 10.1 Å². The van der Waals surface area contributed by atoms with Gasteiger partial charge in [-0.2, -0.15) is 5.26 Å². The molecular formula is C3H3NO2. The Morgan fingerprint density at radius 2 is 2.50 bits per heavy atom. The van der Waals surface area contributed by atoms with E-state index < -0.39 is 0 Å². The van der Waals surface area contributed by atoms with Gasteiger partial charge in [0.2, 0.25) is 5.76 Å². The lowest BCUT2D eigenvalue weighted by molar-refractivity contribution is -0.196. The lowest BCUT2D eigenvalue weighted by Crippen LogP contribution is -1.75. The van der Waals surface area contributed by atoms with E-state index in [1.165, 1.54) is 6.07 Å². The Balaban J connectivity index is 3.33. The van der Waals surface area contributed by atoms with E-state index in [0.717, 1.165) is 0 Å². The third-order valence-electron chi connectivity index (χ3n) is 0.235. The van der Waals surface area contributed by atoms with Crippen LogP contribution in [-0.2, 0) is 4.89 Å². The van der Waals surface area contributed by atoms with Gasteiger partial charge in [-0.3, -0.25) is 0 Å². The van der Waals surface area contributed by atoms with Gasteiger partial charge in [0.05, 0.1) is 0 Å². The lowest BCUT2D eigenvalue weighted by Gasteiger charge is -1.80. The largest absolute Gasteiger partial charge is 0.329 e. The van der Waals surface area contributed by atoms with Crippen LogP contribution in [0.2, 0.25) is 0 Å². The van der Waals surface area contributed by atoms with Crippen LogP contribution in [0.25, 0.3) is 0 Å². The molecule has 0 heterocycles. The van der Waals surface area contributed by atoms with E-state index in [4.69, 9.17) is 10.5 Å². The van der Waals surface area contributed by atoms with Crippen LogP contribution in [0.15, 0.2) is 12.3 Å². The number of hydrogen-bond acceptors (Lipinski definition) is 3. The SMILES string of the molecule is C=C(C#N)OO. The van der Waals surface area contributed by atoms with Crippen molar-refractivity contribution in [1.29, 1.82) is 5.26 Å². The van der Waals surface area contributed by atoms with E-state index >= 15 is 0 Å². The van der Waals surface area contributed by atoms with Crippen molar-refractivity contribution in [3.63, 3.8) is 0 Å². The molecule has 0 aliphatic rings. The van der Waals surface area contributed by atoms with Crippen molar-refractivity contribution in [3.05, 3.63) is 12.3 Å². The zero-order valence-electron chi connectivity index (χ0n) is 3.01. The zero-order chi connectivity index (χ0) is 4.99. The van der Waals surface area contributed by atoms with Gasteiger partial charge in [-0.05, 0) is 6.58 Å². The van der Waals surface area contributed by atoms with Gasteiger partial charge in [0, 0.05) is 0 Å². The second-order valence-electron chi connectivity index (χ2n) is 0.626. The van der Waals surface area contributed by atoms with Crippen LogP contribution in [0, 0.1) is 11.3 Å². The van der Waals surface area contributed by atoms with Crippen LogP contribution in [0.1, 0.15) is 0 Å². The molecule has 0 saturated heterocycles. The average molecular weight is 85.1 g/mol. The van der Waals surface area contributed by atoms with Gasteiger partial charge in [-0.1, -0.05) is 0 Å². The molecule has 0 saturated carbocycles. The molecule has 6 heavy (non-hydrogen) atoms. The third-order valence-corrected chi connectivity index (χ3v) is 0.235. The summed E-state index contributed by atoms with van der Waals surface area (Å²) in [5.41, 5.74) is 0. The summed E-state index contributed by atoms with van der Waals surface area (Å²) in [6, 6.07) is 1.45. The molecule has 0 aromatic heterocycles. The first kappa shape index (κ1) is 4.99. The maximum Gasteiger partial charge on any atom is 0.234 e. The van der Waals surface area contributed by atoms with Crippen LogP contribution in [0.4, 0.5) is 0 Å². The summed E-state index contributed by atoms with van der Waals surface area (Å²) >= 11 is 0. The summed E-state index contributed by atoms with van der Waals surface area (Å²) in [5.74, 6) is -0.296. The first-order chi connectivity index (χ1) is 2.81. The normalized spacial score (nSPS) is 6.00. The van der Waals surface area contributed by atoms with E-state index in [1.807, 2.05) is 0 Å². The molecule has 3 heteroatoms. The Kier molecular flexibility index (Phi) is 1.86. The highest BCUT2D eigenvalue weighted by Gasteiger charge is 1.80. The van der Waals surface area contributed by atoms with Crippen LogP contribution in [0.3, 0.4) is 0 Å². The third kappa shape index (κ3) is 1.32. The average Bonchev–Trinajstić information content (AvgIpc) is 1.65. The molecule has 0 bridgehead atoms. The zero-order valence-corrected chi connectivity index (χ0v) is 3.01. The van der Waals surface area contributed by atoms with Crippen molar-refractivity contribution >= 4 is 0 Å². The summed E-state index contributed by atoms with van der Waals surface area (Å²) in [4.78, 5) is 3.34. The topological polar surface area (TPSA) is 53.2 Å². The molecule has 0 radical (unpaired) electrons. The smallest absolute Gasteiger partial charge is 0.234 e. The van der Waals surface area contributed by atoms with Crippen molar-refractivity contribution in [2.24, 2.45) is 0 Å². The van der Waals surface area contributed by atoms with Gasteiger partial charge < -0.3 is 4.89 Å². The fourth-order valence-electron chi connectivity index (χ4n) is 0.0204. The van der Waals surface area contributed by atoms with Crippen molar-refractivity contribution in [2.75, 3.05) is 0 Å². The highest BCUT2D eigenvalue weighted by atomic mass is 17.1. The first-order valence-corrected chi connectivity index (χ1v) is 1.21. The van der Waals surface area contributed by atoms with E-state index in [2.05, 4.69) is 11.5 Å². The van der Waals surface area contributed by atoms with Crippen LogP contribution >= 0.6 is 0 Å². The van der Waals surface area contributed by atoms with Gasteiger partial charge in [0.1, 0.15) is 6.07 Å². The summed E-state index contributed by atoms with van der Waals surface area (Å²) < 4.78 is 0. The molecule has 0 aliphatic carbocycles. The number of rotatable bonds is 1. The molecule has 0 spiro atoms. The molecule has 0 unspecified atom stereocenters. The molecule has 32 valence electrons. The highest BCUT2D eigenvalue weighted by Crippen LogP contribution is 1.80. The van der Waals surface area contributed by atoms with Crippen molar-refractivity contribution in [1.82, 2.24) is 0 Å². The van der Waals surface area contributed by atoms with Crippen molar-refractivity contribution in [3.8, 4) is 6.07 Å². The van der Waals surface area contributed by atoms with Crippen LogP contribution < -0.4 is 0 Å². The number of hydrogen-bond donors (Lipinski definition) is 1. The first-order valence-electron chi connectivity index (χ1n) is 1.21. The predicted molar refractivity (Wildman–Crippen MR) is 18.5 cm³/mol. The van der Waals surface area contributed by atoms with Crippen LogP contribution in [-0.4, -0.2) is 5.26 Å². The minimum absolute atomic E-state index is 0.296. The van der Waals surface area contributed by atoms with Gasteiger partial charge in [0.15, 0.2) is 0 Å². The van der Waals surface area contributed by atoms with Crippen LogP contribution in [0.5, 0.6) is 0 Å². The molecule has 0 atom stereocenters. The van der Waals surface area contributed by atoms with E-state index in [9.17, 15) is 0 Å². The molecule has 0 rings (SSSR count). The fraction of sp³-hybridized carbons (Fsp3) is 0. The quantitative estimate of drug-likeness (QED) is 0.218. The Labute approximate surface area is 35.0 Å². The van der Waals surface area contributed by atoms with Gasteiger partial charge in [-0.25, -0.2) is 5.26 Å².